The Morgan fingerprint density at radius 3 is 2.32 bits per heavy atom. The van der Waals surface area contributed by atoms with E-state index in [1.807, 2.05) is 48.5 Å². The van der Waals surface area contributed by atoms with E-state index in [2.05, 4.69) is 5.32 Å². The van der Waals surface area contributed by atoms with Gasteiger partial charge in [-0.1, -0.05) is 48.2 Å². The lowest BCUT2D eigenvalue weighted by atomic mass is 9.92. The van der Waals surface area contributed by atoms with Crippen molar-refractivity contribution in [2.75, 3.05) is 5.32 Å². The Morgan fingerprint density at radius 2 is 1.61 bits per heavy atom. The molecule has 1 amide bonds. The predicted octanol–water partition coefficient (Wildman–Crippen LogP) is 5.02. The van der Waals surface area contributed by atoms with E-state index in [0.29, 0.717) is 11.3 Å². The minimum Gasteiger partial charge on any atom is -0.507 e. The zero-order valence-corrected chi connectivity index (χ0v) is 17.9. The summed E-state index contributed by atoms with van der Waals surface area (Å²) < 4.78 is 0. The van der Waals surface area contributed by atoms with Gasteiger partial charge in [0.25, 0.3) is 5.91 Å². The summed E-state index contributed by atoms with van der Waals surface area (Å²) in [5, 5.41) is 23.4. The average Bonchev–Trinajstić information content (AvgIpc) is 2.77. The third-order valence-electron chi connectivity index (χ3n) is 5.62. The highest BCUT2D eigenvalue weighted by Gasteiger charge is 2.21. The molecule has 0 bridgehead atoms. The molecule has 5 N–H and O–H groups in total. The summed E-state index contributed by atoms with van der Waals surface area (Å²) in [5.74, 6) is -0.227. The maximum absolute atomic E-state index is 12.0. The summed E-state index contributed by atoms with van der Waals surface area (Å²) >= 11 is 1.50. The number of primary amides is 1. The van der Waals surface area contributed by atoms with Gasteiger partial charge >= 0.3 is 0 Å². The van der Waals surface area contributed by atoms with Crippen LogP contribution in [0.1, 0.15) is 36.0 Å². The van der Waals surface area contributed by atoms with E-state index in [4.69, 9.17) is 5.73 Å². The maximum atomic E-state index is 12.0. The van der Waals surface area contributed by atoms with Crippen LogP contribution in [0.2, 0.25) is 0 Å². The zero-order chi connectivity index (χ0) is 21.8. The van der Waals surface area contributed by atoms with Gasteiger partial charge in [0.1, 0.15) is 5.75 Å². The minimum atomic E-state index is -0.471. The van der Waals surface area contributed by atoms with E-state index in [1.165, 1.54) is 11.8 Å². The number of nitrogens with one attached hydrogen (secondary N) is 1. The number of carbonyl (C=O) groups excluding carboxylic acids is 1. The van der Waals surface area contributed by atoms with Crippen molar-refractivity contribution in [1.29, 1.82) is 0 Å². The molecule has 1 aliphatic rings. The molecular weight excluding hydrogens is 408 g/mol. The number of phenolic OH excluding ortho intramolecular Hbond substituents is 1. The van der Waals surface area contributed by atoms with Crippen LogP contribution in [-0.2, 0) is 0 Å². The quantitative estimate of drug-likeness (QED) is 0.437. The van der Waals surface area contributed by atoms with Crippen LogP contribution in [0, 0.1) is 0 Å². The number of rotatable bonds is 6. The van der Waals surface area contributed by atoms with Gasteiger partial charge in [0, 0.05) is 16.6 Å². The third kappa shape index (κ3) is 5.03. The number of anilines is 1. The van der Waals surface area contributed by atoms with Crippen molar-refractivity contribution in [3.63, 3.8) is 0 Å². The number of aliphatic hydroxyl groups excluding tert-OH is 1. The smallest absolute Gasteiger partial charge is 0.250 e. The van der Waals surface area contributed by atoms with E-state index in [1.54, 1.807) is 18.2 Å². The van der Waals surface area contributed by atoms with Gasteiger partial charge in [0.05, 0.1) is 16.6 Å². The second-order valence-electron chi connectivity index (χ2n) is 7.84. The van der Waals surface area contributed by atoms with Gasteiger partial charge in [-0.3, -0.25) is 4.79 Å². The summed E-state index contributed by atoms with van der Waals surface area (Å²) in [6.07, 6.45) is 2.97. The van der Waals surface area contributed by atoms with E-state index >= 15 is 0 Å². The van der Waals surface area contributed by atoms with Crippen LogP contribution in [0.25, 0.3) is 11.1 Å². The van der Waals surface area contributed by atoms with Crippen molar-refractivity contribution in [3.05, 3.63) is 72.3 Å². The average molecular weight is 435 g/mol. The van der Waals surface area contributed by atoms with Gasteiger partial charge in [-0.2, -0.15) is 0 Å². The fourth-order valence-corrected chi connectivity index (χ4v) is 4.94. The Morgan fingerprint density at radius 1 is 0.935 bits per heavy atom. The number of hydrogen-bond donors (Lipinski definition) is 4. The van der Waals surface area contributed by atoms with E-state index in [0.717, 1.165) is 46.6 Å². The van der Waals surface area contributed by atoms with Crippen LogP contribution in [0.3, 0.4) is 0 Å². The predicted molar refractivity (Wildman–Crippen MR) is 125 cm³/mol. The number of aromatic hydroxyl groups is 1. The molecular formula is C25H26N2O3S. The van der Waals surface area contributed by atoms with Gasteiger partial charge in [-0.25, -0.2) is 0 Å². The van der Waals surface area contributed by atoms with E-state index < -0.39 is 5.91 Å². The van der Waals surface area contributed by atoms with Crippen molar-refractivity contribution in [2.24, 2.45) is 5.73 Å². The Kier molecular flexibility index (Phi) is 6.49. The van der Waals surface area contributed by atoms with Gasteiger partial charge in [-0.15, -0.1) is 0 Å². The fourth-order valence-electron chi connectivity index (χ4n) is 3.94. The Balaban J connectivity index is 1.67. The third-order valence-corrected chi connectivity index (χ3v) is 6.77. The molecule has 0 heterocycles. The molecule has 0 unspecified atom stereocenters. The Hall–Kier alpha value is -2.96. The van der Waals surface area contributed by atoms with Crippen molar-refractivity contribution in [1.82, 2.24) is 0 Å². The first-order valence-electron chi connectivity index (χ1n) is 10.4. The van der Waals surface area contributed by atoms with Crippen LogP contribution in [-0.4, -0.2) is 28.3 Å². The molecule has 0 atom stereocenters. The van der Waals surface area contributed by atoms with Gasteiger partial charge in [-0.05, 0) is 67.1 Å². The number of para-hydroxylation sites is 1. The van der Waals surface area contributed by atoms with Crippen LogP contribution in [0.15, 0.2) is 76.5 Å². The van der Waals surface area contributed by atoms with Gasteiger partial charge < -0.3 is 21.3 Å². The first-order chi connectivity index (χ1) is 15.0. The number of hydrogen-bond acceptors (Lipinski definition) is 5. The highest BCUT2D eigenvalue weighted by molar-refractivity contribution is 7.99. The Bertz CT molecular complexity index is 1080. The molecule has 0 radical (unpaired) electrons. The molecule has 0 aliphatic heterocycles. The summed E-state index contributed by atoms with van der Waals surface area (Å²) in [5.41, 5.74) is 8.77. The molecule has 3 aromatic carbocycles. The van der Waals surface area contributed by atoms with Crippen LogP contribution >= 0.6 is 11.8 Å². The number of carbonyl (C=O) groups is 1. The number of benzene rings is 3. The standard InChI is InChI=1S/C25H26N2O3S/c26-25(30)20-14-9-16(15-21(20)27-17-10-12-18(28)13-11-17)19-5-1-3-7-23(19)31-24-8-4-2-6-22(24)29/h1-9,14-15,17-18,27-29H,10-13H2,(H2,26,30)/t17-,18-. The molecule has 1 aliphatic carbocycles. The summed E-state index contributed by atoms with van der Waals surface area (Å²) in [7, 11) is 0. The van der Waals surface area contributed by atoms with Gasteiger partial charge in [0.2, 0.25) is 0 Å². The molecule has 3 aromatic rings. The fraction of sp³-hybridized carbons (Fsp3) is 0.240. The molecule has 31 heavy (non-hydrogen) atoms. The second kappa shape index (κ2) is 9.45. The number of amides is 1. The van der Waals surface area contributed by atoms with Crippen LogP contribution in [0.4, 0.5) is 5.69 Å². The molecule has 160 valence electrons. The van der Waals surface area contributed by atoms with Gasteiger partial charge in [0.15, 0.2) is 0 Å². The van der Waals surface area contributed by atoms with Crippen LogP contribution < -0.4 is 11.1 Å². The molecule has 0 saturated heterocycles. The minimum absolute atomic E-state index is 0.197. The monoisotopic (exact) mass is 434 g/mol. The topological polar surface area (TPSA) is 95.6 Å². The molecule has 0 aromatic heterocycles. The molecule has 0 spiro atoms. The maximum Gasteiger partial charge on any atom is 0.250 e. The lowest BCUT2D eigenvalue weighted by Crippen LogP contribution is -2.29. The first kappa shape index (κ1) is 21.3. The SMILES string of the molecule is NC(=O)c1ccc(-c2ccccc2Sc2ccccc2O)cc1N[C@H]1CC[C@H](O)CC1. The first-order valence-corrected chi connectivity index (χ1v) is 11.3. The van der Waals surface area contributed by atoms with Crippen molar-refractivity contribution in [2.45, 2.75) is 47.6 Å². The van der Waals surface area contributed by atoms with Crippen LogP contribution in [0.5, 0.6) is 5.75 Å². The number of aliphatic hydroxyl groups is 1. The summed E-state index contributed by atoms with van der Waals surface area (Å²) in [6.45, 7) is 0. The normalized spacial score (nSPS) is 18.5. The summed E-state index contributed by atoms with van der Waals surface area (Å²) in [4.78, 5) is 13.8. The molecule has 6 heteroatoms. The summed E-state index contributed by atoms with van der Waals surface area (Å²) in [6, 6.07) is 21.1. The highest BCUT2D eigenvalue weighted by Crippen LogP contribution is 2.40. The highest BCUT2D eigenvalue weighted by atomic mass is 32.2. The van der Waals surface area contributed by atoms with Crippen molar-refractivity contribution in [3.8, 4) is 16.9 Å². The Labute approximate surface area is 186 Å². The lowest BCUT2D eigenvalue weighted by Gasteiger charge is -2.28. The number of nitrogens with two attached hydrogens (primary N) is 1. The molecule has 4 rings (SSSR count). The molecule has 5 nitrogen and oxygen atoms in total. The van der Waals surface area contributed by atoms with Crippen molar-refractivity contribution >= 4 is 23.4 Å². The number of phenols is 1. The van der Waals surface area contributed by atoms with E-state index in [-0.39, 0.29) is 17.9 Å². The van der Waals surface area contributed by atoms with E-state index in [9.17, 15) is 15.0 Å². The molecule has 1 fully saturated rings. The molecule has 1 saturated carbocycles. The largest absolute Gasteiger partial charge is 0.507 e. The lowest BCUT2D eigenvalue weighted by molar-refractivity contribution is 0.100. The van der Waals surface area contributed by atoms with Crippen molar-refractivity contribution < 1.29 is 15.0 Å². The zero-order valence-electron chi connectivity index (χ0n) is 17.1. The second-order valence-corrected chi connectivity index (χ2v) is 8.92.